The summed E-state index contributed by atoms with van der Waals surface area (Å²) in [5.41, 5.74) is 6.46. The number of benzene rings is 1. The summed E-state index contributed by atoms with van der Waals surface area (Å²) in [5.74, 6) is 0. The van der Waals surface area contributed by atoms with Crippen molar-refractivity contribution >= 4 is 20.8 Å². The van der Waals surface area contributed by atoms with Gasteiger partial charge in [-0.15, -0.1) is 0 Å². The molecule has 114 valence electrons. The smallest absolute Gasteiger partial charge is 0.240 e. The van der Waals surface area contributed by atoms with Gasteiger partial charge in [0.1, 0.15) is 0 Å². The molecule has 0 amide bonds. The van der Waals surface area contributed by atoms with Crippen LogP contribution in [0.15, 0.2) is 29.2 Å². The van der Waals surface area contributed by atoms with Crippen LogP contribution in [0, 0.1) is 0 Å². The zero-order valence-corrected chi connectivity index (χ0v) is 13.5. The lowest BCUT2D eigenvalue weighted by Gasteiger charge is -2.10. The number of sulfonamides is 1. The van der Waals surface area contributed by atoms with Crippen molar-refractivity contribution in [3.8, 4) is 0 Å². The van der Waals surface area contributed by atoms with Gasteiger partial charge in [0, 0.05) is 28.9 Å². The molecule has 0 aromatic heterocycles. The predicted octanol–water partition coefficient (Wildman–Crippen LogP) is 0.623. The van der Waals surface area contributed by atoms with E-state index < -0.39 is 20.8 Å². The average Bonchev–Trinajstić information content (AvgIpc) is 2.39. The Kier molecular flexibility index (Phi) is 6.81. The van der Waals surface area contributed by atoms with Gasteiger partial charge in [0.2, 0.25) is 10.0 Å². The highest BCUT2D eigenvalue weighted by molar-refractivity contribution is 7.89. The van der Waals surface area contributed by atoms with Crippen LogP contribution in [0.5, 0.6) is 0 Å². The fourth-order valence-electron chi connectivity index (χ4n) is 1.65. The van der Waals surface area contributed by atoms with Crippen LogP contribution >= 0.6 is 0 Å². The van der Waals surface area contributed by atoms with E-state index in [2.05, 4.69) is 4.72 Å². The van der Waals surface area contributed by atoms with E-state index in [-0.39, 0.29) is 16.7 Å². The zero-order valence-electron chi connectivity index (χ0n) is 11.8. The molecule has 0 radical (unpaired) electrons. The van der Waals surface area contributed by atoms with Crippen molar-refractivity contribution in [2.24, 2.45) is 5.73 Å². The Bertz CT molecular complexity index is 541. The summed E-state index contributed by atoms with van der Waals surface area (Å²) in [5, 5.41) is -0.0235. The van der Waals surface area contributed by atoms with Crippen LogP contribution in [-0.4, -0.2) is 37.2 Å². The van der Waals surface area contributed by atoms with Gasteiger partial charge in [0.05, 0.1) is 4.90 Å². The van der Waals surface area contributed by atoms with Gasteiger partial charge in [0.15, 0.2) is 0 Å². The van der Waals surface area contributed by atoms with Gasteiger partial charge < -0.3 is 5.73 Å². The quantitative estimate of drug-likeness (QED) is 0.735. The number of rotatable bonds is 8. The Morgan fingerprint density at radius 2 is 1.90 bits per heavy atom. The predicted molar refractivity (Wildman–Crippen MR) is 82.5 cm³/mol. The Balaban J connectivity index is 2.62. The van der Waals surface area contributed by atoms with E-state index in [4.69, 9.17) is 5.73 Å². The lowest BCUT2D eigenvalue weighted by molar-refractivity contribution is 0.578. The Hall–Kier alpha value is -0.760. The van der Waals surface area contributed by atoms with Gasteiger partial charge >= 0.3 is 0 Å². The standard InChI is InChI=1S/C13H22N2O3S2/c1-11(19(2)16)8-10-15-20(17,18)13-5-3-12(4-6-13)7-9-14/h3-6,11,15H,7-10,14H2,1-2H3. The van der Waals surface area contributed by atoms with Gasteiger partial charge in [-0.25, -0.2) is 13.1 Å². The van der Waals surface area contributed by atoms with Crippen molar-refractivity contribution in [1.29, 1.82) is 0 Å². The highest BCUT2D eigenvalue weighted by Gasteiger charge is 2.14. The fourth-order valence-corrected chi connectivity index (χ4v) is 3.15. The summed E-state index contributed by atoms with van der Waals surface area (Å²) in [6.07, 6.45) is 2.90. The summed E-state index contributed by atoms with van der Waals surface area (Å²) < 4.78 is 37.8. The molecule has 0 saturated carbocycles. The number of hydrogen-bond acceptors (Lipinski definition) is 4. The van der Waals surface area contributed by atoms with Crippen molar-refractivity contribution in [2.45, 2.75) is 29.9 Å². The molecule has 20 heavy (non-hydrogen) atoms. The lowest BCUT2D eigenvalue weighted by Crippen LogP contribution is -2.27. The first-order valence-electron chi connectivity index (χ1n) is 6.47. The topological polar surface area (TPSA) is 89.3 Å². The van der Waals surface area contributed by atoms with Gasteiger partial charge in [-0.05, 0) is 37.1 Å². The maximum atomic E-state index is 12.0. The second kappa shape index (κ2) is 7.87. The average molecular weight is 318 g/mol. The molecule has 2 unspecified atom stereocenters. The zero-order chi connectivity index (χ0) is 15.2. The molecular weight excluding hydrogens is 296 g/mol. The Morgan fingerprint density at radius 1 is 1.30 bits per heavy atom. The molecule has 0 aliphatic heterocycles. The lowest BCUT2D eigenvalue weighted by atomic mass is 10.2. The van der Waals surface area contributed by atoms with Crippen LogP contribution in [0.1, 0.15) is 18.9 Å². The summed E-state index contributed by atoms with van der Waals surface area (Å²) in [6, 6.07) is 6.69. The molecule has 1 rings (SSSR count). The summed E-state index contributed by atoms with van der Waals surface area (Å²) in [7, 11) is -4.43. The van der Waals surface area contributed by atoms with E-state index in [1.165, 1.54) is 0 Å². The highest BCUT2D eigenvalue weighted by atomic mass is 32.2. The fraction of sp³-hybridized carbons (Fsp3) is 0.538. The minimum Gasteiger partial charge on any atom is -0.330 e. The molecule has 0 saturated heterocycles. The van der Waals surface area contributed by atoms with Gasteiger partial charge in [-0.2, -0.15) is 0 Å². The van der Waals surface area contributed by atoms with Crippen molar-refractivity contribution < 1.29 is 12.6 Å². The minimum absolute atomic E-state index is 0.0235. The maximum absolute atomic E-state index is 12.0. The normalized spacial score (nSPS) is 14.9. The molecule has 0 aliphatic carbocycles. The molecule has 1 aromatic carbocycles. The molecular formula is C13H22N2O3S2. The van der Waals surface area contributed by atoms with Crippen molar-refractivity contribution in [3.05, 3.63) is 29.8 Å². The van der Waals surface area contributed by atoms with Gasteiger partial charge in [-0.3, -0.25) is 4.21 Å². The van der Waals surface area contributed by atoms with E-state index >= 15 is 0 Å². The van der Waals surface area contributed by atoms with E-state index in [1.54, 1.807) is 30.5 Å². The van der Waals surface area contributed by atoms with E-state index in [9.17, 15) is 12.6 Å². The first-order chi connectivity index (χ1) is 9.36. The van der Waals surface area contributed by atoms with E-state index in [1.807, 2.05) is 6.92 Å². The molecule has 2 atom stereocenters. The van der Waals surface area contributed by atoms with Crippen LogP contribution in [0.2, 0.25) is 0 Å². The SMILES string of the molecule is CC(CCNS(=O)(=O)c1ccc(CCN)cc1)S(C)=O. The van der Waals surface area contributed by atoms with Crippen LogP contribution in [0.25, 0.3) is 0 Å². The molecule has 0 heterocycles. The van der Waals surface area contributed by atoms with Crippen LogP contribution in [-0.2, 0) is 27.2 Å². The van der Waals surface area contributed by atoms with Crippen molar-refractivity contribution in [3.63, 3.8) is 0 Å². The highest BCUT2D eigenvalue weighted by Crippen LogP contribution is 2.11. The summed E-state index contributed by atoms with van der Waals surface area (Å²) >= 11 is 0. The molecule has 0 bridgehead atoms. The van der Waals surface area contributed by atoms with Crippen LogP contribution < -0.4 is 10.5 Å². The monoisotopic (exact) mass is 318 g/mol. The molecule has 0 fully saturated rings. The van der Waals surface area contributed by atoms with Crippen LogP contribution in [0.3, 0.4) is 0 Å². The molecule has 3 N–H and O–H groups in total. The number of nitrogens with one attached hydrogen (secondary N) is 1. The number of hydrogen-bond donors (Lipinski definition) is 2. The van der Waals surface area contributed by atoms with Crippen LogP contribution in [0.4, 0.5) is 0 Å². The molecule has 0 aliphatic rings. The minimum atomic E-state index is -3.49. The molecule has 7 heteroatoms. The summed E-state index contributed by atoms with van der Waals surface area (Å²) in [6.45, 7) is 2.66. The van der Waals surface area contributed by atoms with Crippen molar-refractivity contribution in [1.82, 2.24) is 4.72 Å². The Labute approximate surface area is 123 Å². The third-order valence-corrected chi connectivity index (χ3v) is 5.92. The maximum Gasteiger partial charge on any atom is 0.240 e. The molecule has 1 aromatic rings. The second-order valence-corrected chi connectivity index (χ2v) is 8.25. The summed E-state index contributed by atoms with van der Waals surface area (Å²) in [4.78, 5) is 0.239. The second-order valence-electron chi connectivity index (χ2n) is 4.68. The van der Waals surface area contributed by atoms with Crippen molar-refractivity contribution in [2.75, 3.05) is 19.3 Å². The molecule has 0 spiro atoms. The number of nitrogens with two attached hydrogens (primary N) is 1. The van der Waals surface area contributed by atoms with E-state index in [0.29, 0.717) is 13.0 Å². The van der Waals surface area contributed by atoms with Gasteiger partial charge in [0.25, 0.3) is 0 Å². The first-order valence-corrected chi connectivity index (χ1v) is 9.58. The first kappa shape index (κ1) is 17.3. The largest absolute Gasteiger partial charge is 0.330 e. The third-order valence-electron chi connectivity index (χ3n) is 3.08. The van der Waals surface area contributed by atoms with E-state index in [0.717, 1.165) is 12.0 Å². The third kappa shape index (κ3) is 5.32. The van der Waals surface area contributed by atoms with Gasteiger partial charge in [-0.1, -0.05) is 19.1 Å². The Morgan fingerprint density at radius 3 is 2.40 bits per heavy atom. The molecule has 5 nitrogen and oxygen atoms in total.